The predicted molar refractivity (Wildman–Crippen MR) is 118 cm³/mol. The zero-order chi connectivity index (χ0) is 18.8. The summed E-state index contributed by atoms with van der Waals surface area (Å²) >= 11 is 0. The zero-order valence-corrected chi connectivity index (χ0v) is 16.5. The van der Waals surface area contributed by atoms with Crippen LogP contribution in [0.3, 0.4) is 0 Å². The molecule has 0 fully saturated rings. The molecule has 0 saturated heterocycles. The van der Waals surface area contributed by atoms with E-state index in [1.54, 1.807) is 0 Å². The van der Waals surface area contributed by atoms with Crippen molar-refractivity contribution in [3.05, 3.63) is 72.8 Å². The van der Waals surface area contributed by atoms with Crippen molar-refractivity contribution in [2.75, 3.05) is 11.9 Å². The highest BCUT2D eigenvalue weighted by molar-refractivity contribution is 6.10. The molecule has 0 aliphatic heterocycles. The van der Waals surface area contributed by atoms with E-state index in [0.717, 1.165) is 0 Å². The van der Waals surface area contributed by atoms with E-state index in [-0.39, 0.29) is 0 Å². The monoisotopic (exact) mass is 356 g/mol. The number of anilines is 1. The van der Waals surface area contributed by atoms with Crippen LogP contribution in [0.25, 0.3) is 27.5 Å². The molecule has 0 aliphatic rings. The lowest BCUT2D eigenvalue weighted by atomic mass is 10.1. The van der Waals surface area contributed by atoms with E-state index >= 15 is 0 Å². The maximum atomic E-state index is 2.45. The fourth-order valence-electron chi connectivity index (χ4n) is 4.25. The van der Waals surface area contributed by atoms with Gasteiger partial charge in [-0.25, -0.2) is 0 Å². The molecule has 2 nitrogen and oxygen atoms in total. The minimum atomic E-state index is 0.585. The van der Waals surface area contributed by atoms with Crippen molar-refractivity contribution in [1.29, 1.82) is 0 Å². The summed E-state index contributed by atoms with van der Waals surface area (Å²) in [6.07, 6.45) is 3.62. The molecule has 4 aromatic rings. The summed E-state index contributed by atoms with van der Waals surface area (Å²) in [5, 5.41) is 2.63. The topological polar surface area (TPSA) is 8.17 Å². The Labute approximate surface area is 162 Å². The molecule has 1 heterocycles. The van der Waals surface area contributed by atoms with Gasteiger partial charge in [-0.2, -0.15) is 0 Å². The Morgan fingerprint density at radius 3 is 2.26 bits per heavy atom. The van der Waals surface area contributed by atoms with Gasteiger partial charge in [0.25, 0.3) is 0 Å². The molecular weight excluding hydrogens is 328 g/mol. The first kappa shape index (κ1) is 17.7. The number of rotatable bonds is 6. The van der Waals surface area contributed by atoms with Crippen molar-refractivity contribution in [1.82, 2.24) is 4.57 Å². The van der Waals surface area contributed by atoms with E-state index in [4.69, 9.17) is 0 Å². The Hall–Kier alpha value is -2.74. The molecule has 4 rings (SSSR count). The summed E-state index contributed by atoms with van der Waals surface area (Å²) in [6, 6.07) is 26.9. The molecule has 0 aliphatic carbocycles. The number of hydrogen-bond donors (Lipinski definition) is 0. The number of aromatic nitrogens is 1. The fraction of sp³-hybridized carbons (Fsp3) is 0.280. The molecule has 0 bridgehead atoms. The van der Waals surface area contributed by atoms with Gasteiger partial charge < -0.3 is 9.47 Å². The molecule has 1 aromatic heterocycles. The van der Waals surface area contributed by atoms with Crippen molar-refractivity contribution in [2.45, 2.75) is 39.2 Å². The second-order valence-corrected chi connectivity index (χ2v) is 7.35. The third kappa shape index (κ3) is 3.10. The molecule has 0 amide bonds. The van der Waals surface area contributed by atoms with Gasteiger partial charge in [-0.15, -0.1) is 0 Å². The Morgan fingerprint density at radius 2 is 1.52 bits per heavy atom. The van der Waals surface area contributed by atoms with Crippen LogP contribution in [0, 0.1) is 0 Å². The highest BCUT2D eigenvalue weighted by Crippen LogP contribution is 2.34. The predicted octanol–water partition coefficient (Wildman–Crippen LogP) is 6.80. The lowest BCUT2D eigenvalue weighted by molar-refractivity contribution is 0.556. The number of para-hydroxylation sites is 2. The Bertz CT molecular complexity index is 1050. The smallest absolute Gasteiger partial charge is 0.0561 e. The Kier molecular flexibility index (Phi) is 4.89. The largest absolute Gasteiger partial charge is 0.372 e. The number of nitrogens with zero attached hydrogens (tertiary/aromatic N) is 2. The SMILES string of the molecule is CCCC(CC)N(C)c1ccc2c3ccccc3n(-c3ccccc3)c2c1. The minimum absolute atomic E-state index is 0.585. The lowest BCUT2D eigenvalue weighted by Gasteiger charge is -2.29. The van der Waals surface area contributed by atoms with Crippen molar-refractivity contribution in [3.63, 3.8) is 0 Å². The maximum absolute atomic E-state index is 2.45. The van der Waals surface area contributed by atoms with Crippen LogP contribution in [0.15, 0.2) is 72.8 Å². The highest BCUT2D eigenvalue weighted by atomic mass is 15.1. The summed E-state index contributed by atoms with van der Waals surface area (Å²) in [5.74, 6) is 0. The van der Waals surface area contributed by atoms with Crippen LogP contribution in [-0.2, 0) is 0 Å². The molecule has 3 aromatic carbocycles. The van der Waals surface area contributed by atoms with Crippen LogP contribution in [0.5, 0.6) is 0 Å². The van der Waals surface area contributed by atoms with E-state index in [1.807, 2.05) is 0 Å². The zero-order valence-electron chi connectivity index (χ0n) is 16.5. The third-order valence-electron chi connectivity index (χ3n) is 5.72. The molecule has 138 valence electrons. The Morgan fingerprint density at radius 1 is 0.815 bits per heavy atom. The Balaban J connectivity index is 1.94. The van der Waals surface area contributed by atoms with Crippen molar-refractivity contribution < 1.29 is 0 Å². The van der Waals surface area contributed by atoms with Crippen LogP contribution < -0.4 is 4.90 Å². The van der Waals surface area contributed by atoms with Crippen LogP contribution >= 0.6 is 0 Å². The number of fused-ring (bicyclic) bond motifs is 3. The minimum Gasteiger partial charge on any atom is -0.372 e. The summed E-state index contributed by atoms with van der Waals surface area (Å²) in [5.41, 5.74) is 5.05. The molecule has 1 atom stereocenters. The second kappa shape index (κ2) is 7.48. The molecule has 0 radical (unpaired) electrons. The van der Waals surface area contributed by atoms with E-state index < -0.39 is 0 Å². The van der Waals surface area contributed by atoms with Gasteiger partial charge in [-0.05, 0) is 43.2 Å². The van der Waals surface area contributed by atoms with Crippen molar-refractivity contribution in [3.8, 4) is 5.69 Å². The second-order valence-electron chi connectivity index (χ2n) is 7.35. The lowest BCUT2D eigenvalue weighted by Crippen LogP contribution is -2.30. The van der Waals surface area contributed by atoms with Gasteiger partial charge in [0.05, 0.1) is 11.0 Å². The van der Waals surface area contributed by atoms with Gasteiger partial charge >= 0.3 is 0 Å². The average molecular weight is 357 g/mol. The van der Waals surface area contributed by atoms with Crippen LogP contribution in [-0.4, -0.2) is 17.7 Å². The van der Waals surface area contributed by atoms with E-state index in [2.05, 4.69) is 103 Å². The number of hydrogen-bond acceptors (Lipinski definition) is 1. The quantitative estimate of drug-likeness (QED) is 0.369. The van der Waals surface area contributed by atoms with Gasteiger partial charge in [-0.1, -0.05) is 62.7 Å². The van der Waals surface area contributed by atoms with Crippen molar-refractivity contribution in [2.24, 2.45) is 0 Å². The molecule has 27 heavy (non-hydrogen) atoms. The molecule has 0 N–H and O–H groups in total. The number of benzene rings is 3. The van der Waals surface area contributed by atoms with Crippen molar-refractivity contribution >= 4 is 27.5 Å². The average Bonchev–Trinajstić information content (AvgIpc) is 3.05. The molecule has 2 heteroatoms. The summed E-state index contributed by atoms with van der Waals surface area (Å²) in [7, 11) is 2.24. The summed E-state index contributed by atoms with van der Waals surface area (Å²) < 4.78 is 2.39. The molecular formula is C25H28N2. The van der Waals surface area contributed by atoms with Gasteiger partial charge in [0, 0.05) is 35.2 Å². The summed E-state index contributed by atoms with van der Waals surface area (Å²) in [4.78, 5) is 2.45. The van der Waals surface area contributed by atoms with Gasteiger partial charge in [0.1, 0.15) is 0 Å². The van der Waals surface area contributed by atoms with Crippen LogP contribution in [0.2, 0.25) is 0 Å². The summed E-state index contributed by atoms with van der Waals surface area (Å²) in [6.45, 7) is 4.56. The highest BCUT2D eigenvalue weighted by Gasteiger charge is 2.16. The third-order valence-corrected chi connectivity index (χ3v) is 5.72. The standard InChI is InChI=1S/C25H28N2/c1-4-11-19(5-2)26(3)21-16-17-23-22-14-9-10-15-24(22)27(25(23)18-21)20-12-7-6-8-13-20/h6-10,12-19H,4-5,11H2,1-3H3. The van der Waals surface area contributed by atoms with Gasteiger partial charge in [0.15, 0.2) is 0 Å². The fourth-order valence-corrected chi connectivity index (χ4v) is 4.25. The van der Waals surface area contributed by atoms with Gasteiger partial charge in [-0.3, -0.25) is 0 Å². The van der Waals surface area contributed by atoms with Crippen LogP contribution in [0.1, 0.15) is 33.1 Å². The van der Waals surface area contributed by atoms with E-state index in [0.29, 0.717) is 6.04 Å². The maximum Gasteiger partial charge on any atom is 0.0561 e. The molecule has 0 saturated carbocycles. The first-order chi connectivity index (χ1) is 13.2. The molecule has 1 unspecified atom stereocenters. The first-order valence-corrected chi connectivity index (χ1v) is 10.1. The first-order valence-electron chi connectivity index (χ1n) is 10.1. The molecule has 0 spiro atoms. The van der Waals surface area contributed by atoms with Crippen LogP contribution in [0.4, 0.5) is 5.69 Å². The van der Waals surface area contributed by atoms with E-state index in [9.17, 15) is 0 Å². The normalized spacial score (nSPS) is 12.6. The van der Waals surface area contributed by atoms with E-state index in [1.165, 1.54) is 52.4 Å². The van der Waals surface area contributed by atoms with Gasteiger partial charge in [0.2, 0.25) is 0 Å².